The summed E-state index contributed by atoms with van der Waals surface area (Å²) in [7, 11) is 0. The molecule has 0 aliphatic rings. The number of hydrogen-bond acceptors (Lipinski definition) is 5. The van der Waals surface area contributed by atoms with Crippen LogP contribution < -0.4 is 10.6 Å². The van der Waals surface area contributed by atoms with Gasteiger partial charge < -0.3 is 15.2 Å². The van der Waals surface area contributed by atoms with Crippen LogP contribution in [-0.4, -0.2) is 28.1 Å². The Kier molecular flexibility index (Phi) is 4.42. The number of rotatable bonds is 6. The van der Waals surface area contributed by atoms with Gasteiger partial charge in [0.15, 0.2) is 5.82 Å². The monoisotopic (exact) mass is 226 g/mol. The van der Waals surface area contributed by atoms with Gasteiger partial charge in [0.1, 0.15) is 0 Å². The van der Waals surface area contributed by atoms with Crippen molar-refractivity contribution in [2.45, 2.75) is 39.3 Å². The van der Waals surface area contributed by atoms with Gasteiger partial charge in [-0.15, -0.1) is 0 Å². The molecule has 1 amide bonds. The third kappa shape index (κ3) is 4.39. The quantitative estimate of drug-likeness (QED) is 0.736. The summed E-state index contributed by atoms with van der Waals surface area (Å²) in [5.41, 5.74) is -0.162. The highest BCUT2D eigenvalue weighted by atomic mass is 16.5. The van der Waals surface area contributed by atoms with Crippen molar-refractivity contribution in [2.75, 3.05) is 6.54 Å². The summed E-state index contributed by atoms with van der Waals surface area (Å²) in [5, 5.41) is 9.48. The van der Waals surface area contributed by atoms with Crippen LogP contribution in [0, 0.1) is 0 Å². The molecule has 0 saturated carbocycles. The molecule has 0 aliphatic heterocycles. The minimum absolute atomic E-state index is 0.0321. The molecule has 0 aromatic carbocycles. The lowest BCUT2D eigenvalue weighted by Crippen LogP contribution is -2.46. The van der Waals surface area contributed by atoms with Crippen molar-refractivity contribution in [3.63, 3.8) is 0 Å². The first-order valence-electron chi connectivity index (χ1n) is 5.30. The van der Waals surface area contributed by atoms with Crippen LogP contribution in [0.3, 0.4) is 0 Å². The molecule has 0 radical (unpaired) electrons. The Morgan fingerprint density at radius 3 is 2.88 bits per heavy atom. The maximum atomic E-state index is 11.5. The first-order valence-corrected chi connectivity index (χ1v) is 5.30. The van der Waals surface area contributed by atoms with E-state index < -0.39 is 0 Å². The van der Waals surface area contributed by atoms with Crippen LogP contribution in [0.1, 0.15) is 33.0 Å². The van der Waals surface area contributed by atoms with Gasteiger partial charge in [-0.2, -0.15) is 4.98 Å². The summed E-state index contributed by atoms with van der Waals surface area (Å²) in [4.78, 5) is 15.3. The Bertz CT molecular complexity index is 322. The van der Waals surface area contributed by atoms with Crippen molar-refractivity contribution in [3.8, 4) is 0 Å². The molecular weight excluding hydrogens is 208 g/mol. The lowest BCUT2D eigenvalue weighted by atomic mass is 10.0. The van der Waals surface area contributed by atoms with Gasteiger partial charge in [-0.05, 0) is 20.3 Å². The third-order valence-electron chi connectivity index (χ3n) is 2.34. The highest BCUT2D eigenvalue weighted by molar-refractivity contribution is 5.78. The van der Waals surface area contributed by atoms with E-state index in [0.717, 1.165) is 6.42 Å². The second-order valence-electron chi connectivity index (χ2n) is 4.24. The van der Waals surface area contributed by atoms with Gasteiger partial charge in [0.2, 0.25) is 12.3 Å². The smallest absolute Gasteiger partial charge is 0.234 e. The minimum atomic E-state index is -0.162. The van der Waals surface area contributed by atoms with Crippen LogP contribution in [0.2, 0.25) is 0 Å². The average Bonchev–Trinajstić information content (AvgIpc) is 2.70. The van der Waals surface area contributed by atoms with E-state index in [1.54, 1.807) is 0 Å². The molecule has 0 fully saturated rings. The number of nitrogens with one attached hydrogen (secondary N) is 2. The molecule has 6 heteroatoms. The van der Waals surface area contributed by atoms with Crippen molar-refractivity contribution in [3.05, 3.63) is 12.2 Å². The molecule has 6 nitrogen and oxygen atoms in total. The van der Waals surface area contributed by atoms with E-state index in [9.17, 15) is 4.79 Å². The van der Waals surface area contributed by atoms with Crippen LogP contribution in [0.4, 0.5) is 0 Å². The Balaban J connectivity index is 2.20. The molecule has 1 aromatic heterocycles. The maximum absolute atomic E-state index is 11.5. The van der Waals surface area contributed by atoms with Gasteiger partial charge in [0.25, 0.3) is 0 Å². The van der Waals surface area contributed by atoms with E-state index in [1.807, 2.05) is 20.8 Å². The summed E-state index contributed by atoms with van der Waals surface area (Å²) in [6, 6.07) is 0. The molecule has 90 valence electrons. The highest BCUT2D eigenvalue weighted by Gasteiger charge is 2.17. The summed E-state index contributed by atoms with van der Waals surface area (Å²) in [6.07, 6.45) is 2.15. The molecule has 1 aromatic rings. The first-order chi connectivity index (χ1) is 7.53. The zero-order chi connectivity index (χ0) is 12.0. The first kappa shape index (κ1) is 12.6. The van der Waals surface area contributed by atoms with Crippen LogP contribution in [0.25, 0.3) is 0 Å². The number of carbonyl (C=O) groups excluding carboxylic acids is 1. The predicted octanol–water partition coefficient (Wildman–Crippen LogP) is 0.464. The lowest BCUT2D eigenvalue weighted by molar-refractivity contribution is -0.121. The fourth-order valence-electron chi connectivity index (χ4n) is 1.07. The van der Waals surface area contributed by atoms with Crippen LogP contribution in [0.5, 0.6) is 0 Å². The van der Waals surface area contributed by atoms with E-state index in [-0.39, 0.29) is 18.0 Å². The topological polar surface area (TPSA) is 80.0 Å². The highest BCUT2D eigenvalue weighted by Crippen LogP contribution is 2.05. The van der Waals surface area contributed by atoms with E-state index in [2.05, 4.69) is 25.3 Å². The zero-order valence-electron chi connectivity index (χ0n) is 9.91. The van der Waals surface area contributed by atoms with Crippen molar-refractivity contribution in [2.24, 2.45) is 0 Å². The number of nitrogens with zero attached hydrogens (tertiary/aromatic N) is 2. The summed E-state index contributed by atoms with van der Waals surface area (Å²) >= 11 is 0. The Labute approximate surface area is 94.8 Å². The van der Waals surface area contributed by atoms with Crippen LogP contribution in [0.15, 0.2) is 10.9 Å². The second-order valence-corrected chi connectivity index (χ2v) is 4.24. The Morgan fingerprint density at radius 2 is 2.31 bits per heavy atom. The largest absolute Gasteiger partial charge is 0.350 e. The molecule has 1 rings (SSSR count). The molecule has 1 heterocycles. The maximum Gasteiger partial charge on any atom is 0.234 e. The van der Waals surface area contributed by atoms with Crippen molar-refractivity contribution in [1.82, 2.24) is 20.8 Å². The van der Waals surface area contributed by atoms with Crippen LogP contribution in [-0.2, 0) is 11.3 Å². The molecule has 16 heavy (non-hydrogen) atoms. The van der Waals surface area contributed by atoms with Crippen molar-refractivity contribution in [1.29, 1.82) is 0 Å². The normalized spacial score (nSPS) is 11.4. The van der Waals surface area contributed by atoms with Crippen molar-refractivity contribution >= 4 is 5.91 Å². The zero-order valence-corrected chi connectivity index (χ0v) is 9.91. The predicted molar refractivity (Wildman–Crippen MR) is 58.5 cm³/mol. The Hall–Kier alpha value is -1.43. The van der Waals surface area contributed by atoms with Gasteiger partial charge in [-0.25, -0.2) is 0 Å². The van der Waals surface area contributed by atoms with Gasteiger partial charge in [0, 0.05) is 5.54 Å². The van der Waals surface area contributed by atoms with Gasteiger partial charge in [0.05, 0.1) is 13.1 Å². The van der Waals surface area contributed by atoms with E-state index >= 15 is 0 Å². The Morgan fingerprint density at radius 1 is 1.56 bits per heavy atom. The second kappa shape index (κ2) is 5.60. The van der Waals surface area contributed by atoms with Crippen molar-refractivity contribution < 1.29 is 9.32 Å². The minimum Gasteiger partial charge on any atom is -0.350 e. The SMILES string of the molecule is CCC(C)(C)NC(=O)CNCc1ncon1. The standard InChI is InChI=1S/C10H18N4O2/c1-4-10(2,3)13-9(15)6-11-5-8-12-7-16-14-8/h7,11H,4-6H2,1-3H3,(H,13,15). The lowest BCUT2D eigenvalue weighted by Gasteiger charge is -2.24. The fourth-order valence-corrected chi connectivity index (χ4v) is 1.07. The number of hydrogen-bond donors (Lipinski definition) is 2. The number of aromatic nitrogens is 2. The van der Waals surface area contributed by atoms with E-state index in [4.69, 9.17) is 0 Å². The molecule has 0 unspecified atom stereocenters. The molecule has 0 spiro atoms. The third-order valence-corrected chi connectivity index (χ3v) is 2.34. The van der Waals surface area contributed by atoms with Gasteiger partial charge in [-0.3, -0.25) is 4.79 Å². The summed E-state index contributed by atoms with van der Waals surface area (Å²) < 4.78 is 4.57. The van der Waals surface area contributed by atoms with E-state index in [1.165, 1.54) is 6.39 Å². The molecule has 0 atom stereocenters. The van der Waals surface area contributed by atoms with Gasteiger partial charge in [-0.1, -0.05) is 12.1 Å². The van der Waals surface area contributed by atoms with Crippen LogP contribution >= 0.6 is 0 Å². The van der Waals surface area contributed by atoms with Gasteiger partial charge >= 0.3 is 0 Å². The summed E-state index contributed by atoms with van der Waals surface area (Å²) in [5.74, 6) is 0.512. The molecule has 0 bridgehead atoms. The number of amides is 1. The number of carbonyl (C=O) groups is 1. The molecular formula is C10H18N4O2. The average molecular weight is 226 g/mol. The fraction of sp³-hybridized carbons (Fsp3) is 0.700. The summed E-state index contributed by atoms with van der Waals surface area (Å²) in [6.45, 7) is 6.69. The van der Waals surface area contributed by atoms with E-state index in [0.29, 0.717) is 12.4 Å². The molecule has 0 aliphatic carbocycles. The molecule has 2 N–H and O–H groups in total. The molecule has 0 saturated heterocycles.